The van der Waals surface area contributed by atoms with Gasteiger partial charge in [0, 0.05) is 18.5 Å². The molecular formula is C15H19F2NO3. The number of rotatable bonds is 5. The molecule has 116 valence electrons. The molecule has 0 radical (unpaired) electrons. The molecule has 0 aliphatic rings. The van der Waals surface area contributed by atoms with Crippen molar-refractivity contribution in [2.75, 3.05) is 7.05 Å². The van der Waals surface area contributed by atoms with Crippen LogP contribution in [0.4, 0.5) is 8.78 Å². The number of nitrogens with zero attached hydrogens (tertiary/aromatic N) is 1. The topological polar surface area (TPSA) is 57.6 Å². The molecule has 1 rings (SSSR count). The maximum atomic E-state index is 13.7. The zero-order chi connectivity index (χ0) is 16.3. The first-order chi connectivity index (χ1) is 9.66. The smallest absolute Gasteiger partial charge is 0.307 e. The number of carboxylic acids is 1. The highest BCUT2D eigenvalue weighted by atomic mass is 19.1. The first-order valence-corrected chi connectivity index (χ1v) is 6.61. The second-order valence-corrected chi connectivity index (χ2v) is 5.21. The molecule has 0 aliphatic carbocycles. The number of amides is 1. The second-order valence-electron chi connectivity index (χ2n) is 5.21. The Kier molecular flexibility index (Phi) is 5.41. The fourth-order valence-electron chi connectivity index (χ4n) is 1.98. The quantitative estimate of drug-likeness (QED) is 0.909. The van der Waals surface area contributed by atoms with Crippen LogP contribution in [0.5, 0.6) is 0 Å². The van der Waals surface area contributed by atoms with E-state index in [-0.39, 0.29) is 5.56 Å². The maximum absolute atomic E-state index is 13.7. The number of halogens is 2. The van der Waals surface area contributed by atoms with Crippen LogP contribution < -0.4 is 0 Å². The van der Waals surface area contributed by atoms with E-state index < -0.39 is 41.4 Å². The molecule has 1 N–H and O–H groups in total. The Bertz CT molecular complexity index is 548. The van der Waals surface area contributed by atoms with Crippen LogP contribution in [0, 0.1) is 23.5 Å². The summed E-state index contributed by atoms with van der Waals surface area (Å²) in [5.74, 6) is -4.32. The third-order valence-corrected chi connectivity index (χ3v) is 3.87. The first kappa shape index (κ1) is 17.1. The van der Waals surface area contributed by atoms with Gasteiger partial charge in [-0.2, -0.15) is 0 Å². The third-order valence-electron chi connectivity index (χ3n) is 3.87. The molecule has 0 heterocycles. The standard InChI is InChI=1S/C15H19F2NO3/c1-8(9(2)15(20)21)14(19)18(4)10(3)12-7-11(16)5-6-13(12)17/h5-10H,1-4H3,(H,20,21). The molecule has 0 aliphatic heterocycles. The third kappa shape index (κ3) is 3.77. The molecule has 6 heteroatoms. The van der Waals surface area contributed by atoms with Crippen molar-refractivity contribution in [3.8, 4) is 0 Å². The molecule has 3 unspecified atom stereocenters. The lowest BCUT2D eigenvalue weighted by Crippen LogP contribution is -2.38. The van der Waals surface area contributed by atoms with Crippen LogP contribution in [0.15, 0.2) is 18.2 Å². The molecule has 1 aromatic carbocycles. The average Bonchev–Trinajstić information content (AvgIpc) is 2.45. The van der Waals surface area contributed by atoms with Gasteiger partial charge in [0.25, 0.3) is 0 Å². The van der Waals surface area contributed by atoms with Gasteiger partial charge in [-0.05, 0) is 25.1 Å². The second kappa shape index (κ2) is 6.65. The van der Waals surface area contributed by atoms with Gasteiger partial charge in [0.2, 0.25) is 5.91 Å². The monoisotopic (exact) mass is 299 g/mol. The normalized spacial score (nSPS) is 15.1. The molecule has 0 saturated carbocycles. The summed E-state index contributed by atoms with van der Waals surface area (Å²) in [6, 6.07) is 2.34. The number of hydrogen-bond acceptors (Lipinski definition) is 2. The Hall–Kier alpha value is -1.98. The largest absolute Gasteiger partial charge is 0.481 e. The Balaban J connectivity index is 2.96. The highest BCUT2D eigenvalue weighted by molar-refractivity contribution is 5.84. The lowest BCUT2D eigenvalue weighted by Gasteiger charge is -2.29. The Morgan fingerprint density at radius 3 is 2.24 bits per heavy atom. The van der Waals surface area contributed by atoms with Gasteiger partial charge < -0.3 is 10.0 Å². The Morgan fingerprint density at radius 1 is 1.14 bits per heavy atom. The van der Waals surface area contributed by atoms with E-state index in [0.29, 0.717) is 0 Å². The van der Waals surface area contributed by atoms with Crippen molar-refractivity contribution in [2.45, 2.75) is 26.8 Å². The van der Waals surface area contributed by atoms with Crippen LogP contribution in [-0.2, 0) is 9.59 Å². The summed E-state index contributed by atoms with van der Waals surface area (Å²) in [6.45, 7) is 4.51. The van der Waals surface area contributed by atoms with Crippen LogP contribution in [0.25, 0.3) is 0 Å². The van der Waals surface area contributed by atoms with Gasteiger partial charge in [-0.3, -0.25) is 9.59 Å². The Morgan fingerprint density at radius 2 is 1.71 bits per heavy atom. The summed E-state index contributed by atoms with van der Waals surface area (Å²) >= 11 is 0. The molecule has 21 heavy (non-hydrogen) atoms. The van der Waals surface area contributed by atoms with Crippen molar-refractivity contribution < 1.29 is 23.5 Å². The van der Waals surface area contributed by atoms with E-state index in [0.717, 1.165) is 18.2 Å². The van der Waals surface area contributed by atoms with Crippen molar-refractivity contribution in [1.29, 1.82) is 0 Å². The summed E-state index contributed by atoms with van der Waals surface area (Å²) in [5, 5.41) is 8.94. The summed E-state index contributed by atoms with van der Waals surface area (Å²) in [5.41, 5.74) is 0.0565. The summed E-state index contributed by atoms with van der Waals surface area (Å²) in [7, 11) is 1.45. The van der Waals surface area contributed by atoms with Gasteiger partial charge in [0.1, 0.15) is 11.6 Å². The molecule has 0 bridgehead atoms. The molecule has 0 spiro atoms. The molecule has 0 fully saturated rings. The number of benzene rings is 1. The van der Waals surface area contributed by atoms with E-state index in [1.807, 2.05) is 0 Å². The minimum absolute atomic E-state index is 0.0565. The van der Waals surface area contributed by atoms with E-state index >= 15 is 0 Å². The van der Waals surface area contributed by atoms with Crippen molar-refractivity contribution >= 4 is 11.9 Å². The number of hydrogen-bond donors (Lipinski definition) is 1. The molecule has 4 nitrogen and oxygen atoms in total. The Labute approximate surface area is 122 Å². The lowest BCUT2D eigenvalue weighted by molar-refractivity contribution is -0.149. The molecule has 0 saturated heterocycles. The molecule has 1 amide bonds. The summed E-state index contributed by atoms with van der Waals surface area (Å²) in [6.07, 6.45) is 0. The predicted octanol–water partition coefficient (Wildman–Crippen LogP) is 2.84. The molecular weight excluding hydrogens is 280 g/mol. The van der Waals surface area contributed by atoms with Gasteiger partial charge in [-0.25, -0.2) is 8.78 Å². The van der Waals surface area contributed by atoms with Crippen LogP contribution in [-0.4, -0.2) is 28.9 Å². The van der Waals surface area contributed by atoms with Gasteiger partial charge in [-0.1, -0.05) is 13.8 Å². The minimum Gasteiger partial charge on any atom is -0.481 e. The van der Waals surface area contributed by atoms with Gasteiger partial charge in [0.05, 0.1) is 12.0 Å². The lowest BCUT2D eigenvalue weighted by atomic mass is 9.94. The molecule has 0 aromatic heterocycles. The van der Waals surface area contributed by atoms with Crippen molar-refractivity contribution in [1.82, 2.24) is 4.90 Å². The number of carboxylic acid groups (broad SMARTS) is 1. The van der Waals surface area contributed by atoms with E-state index in [9.17, 15) is 18.4 Å². The minimum atomic E-state index is -1.08. The highest BCUT2D eigenvalue weighted by Crippen LogP contribution is 2.25. The van der Waals surface area contributed by atoms with E-state index in [2.05, 4.69) is 0 Å². The zero-order valence-electron chi connectivity index (χ0n) is 12.4. The van der Waals surface area contributed by atoms with Crippen LogP contribution >= 0.6 is 0 Å². The summed E-state index contributed by atoms with van der Waals surface area (Å²) in [4.78, 5) is 24.4. The van der Waals surface area contributed by atoms with Crippen molar-refractivity contribution in [3.05, 3.63) is 35.4 Å². The van der Waals surface area contributed by atoms with E-state index in [1.165, 1.54) is 25.8 Å². The van der Waals surface area contributed by atoms with E-state index in [4.69, 9.17) is 5.11 Å². The molecule has 1 aromatic rings. The van der Waals surface area contributed by atoms with Crippen molar-refractivity contribution in [3.63, 3.8) is 0 Å². The van der Waals surface area contributed by atoms with Crippen LogP contribution in [0.2, 0.25) is 0 Å². The van der Waals surface area contributed by atoms with Crippen LogP contribution in [0.3, 0.4) is 0 Å². The van der Waals surface area contributed by atoms with Gasteiger partial charge >= 0.3 is 5.97 Å². The average molecular weight is 299 g/mol. The summed E-state index contributed by atoms with van der Waals surface area (Å²) < 4.78 is 26.9. The fraction of sp³-hybridized carbons (Fsp3) is 0.467. The predicted molar refractivity (Wildman–Crippen MR) is 73.5 cm³/mol. The fourth-order valence-corrected chi connectivity index (χ4v) is 1.98. The van der Waals surface area contributed by atoms with Crippen LogP contribution in [0.1, 0.15) is 32.4 Å². The maximum Gasteiger partial charge on any atom is 0.307 e. The number of aliphatic carboxylic acids is 1. The zero-order valence-corrected chi connectivity index (χ0v) is 12.4. The van der Waals surface area contributed by atoms with Gasteiger partial charge in [-0.15, -0.1) is 0 Å². The van der Waals surface area contributed by atoms with Gasteiger partial charge in [0.15, 0.2) is 0 Å². The highest BCUT2D eigenvalue weighted by Gasteiger charge is 2.30. The SMILES string of the molecule is CC(C(=O)O)C(C)C(=O)N(C)C(C)c1cc(F)ccc1F. The van der Waals surface area contributed by atoms with E-state index in [1.54, 1.807) is 6.92 Å². The molecule has 3 atom stereocenters. The number of carbonyl (C=O) groups excluding carboxylic acids is 1. The first-order valence-electron chi connectivity index (χ1n) is 6.61. The van der Waals surface area contributed by atoms with Crippen molar-refractivity contribution in [2.24, 2.45) is 11.8 Å². The number of carbonyl (C=O) groups is 2.